The monoisotopic (exact) mass is 276 g/mol. The van der Waals surface area contributed by atoms with Gasteiger partial charge in [0.25, 0.3) is 0 Å². The summed E-state index contributed by atoms with van der Waals surface area (Å²) >= 11 is 0. The Hall–Kier alpha value is -2.23. The van der Waals surface area contributed by atoms with Crippen molar-refractivity contribution in [1.82, 2.24) is 0 Å². The lowest BCUT2D eigenvalue weighted by molar-refractivity contribution is -0.0498. The van der Waals surface area contributed by atoms with Gasteiger partial charge in [-0.15, -0.1) is 0 Å². The predicted octanol–water partition coefficient (Wildman–Crippen LogP) is 4.02. The molecule has 0 N–H and O–H groups in total. The summed E-state index contributed by atoms with van der Waals surface area (Å²) in [4.78, 5) is 12.1. The molecule has 0 amide bonds. The molecule has 2 aromatic rings. The quantitative estimate of drug-likeness (QED) is 0.771. The van der Waals surface area contributed by atoms with Crippen LogP contribution in [0, 0.1) is 6.92 Å². The highest BCUT2D eigenvalue weighted by atomic mass is 19.3. The number of rotatable bonds is 5. The van der Waals surface area contributed by atoms with E-state index < -0.39 is 6.61 Å². The zero-order chi connectivity index (χ0) is 14.5. The Morgan fingerprint density at radius 3 is 2.45 bits per heavy atom. The molecular formula is C16H14F2O2. The van der Waals surface area contributed by atoms with Crippen molar-refractivity contribution in [2.45, 2.75) is 20.0 Å². The van der Waals surface area contributed by atoms with Crippen LogP contribution in [0.25, 0.3) is 0 Å². The number of alkyl halides is 2. The van der Waals surface area contributed by atoms with E-state index >= 15 is 0 Å². The Labute approximate surface area is 116 Å². The number of ether oxygens (including phenoxy) is 1. The van der Waals surface area contributed by atoms with Crippen LogP contribution in [0.15, 0.2) is 48.5 Å². The van der Waals surface area contributed by atoms with Gasteiger partial charge in [0.2, 0.25) is 0 Å². The summed E-state index contributed by atoms with van der Waals surface area (Å²) in [5, 5.41) is 0. The number of hydrogen-bond donors (Lipinski definition) is 0. The van der Waals surface area contributed by atoms with E-state index in [-0.39, 0.29) is 18.0 Å². The number of Topliss-reactive ketones (excluding diaryl/α,β-unsaturated/α-hetero) is 1. The van der Waals surface area contributed by atoms with Gasteiger partial charge in [0.1, 0.15) is 5.75 Å². The Morgan fingerprint density at radius 1 is 1.15 bits per heavy atom. The number of benzene rings is 2. The first-order chi connectivity index (χ1) is 9.54. The van der Waals surface area contributed by atoms with Gasteiger partial charge in [-0.3, -0.25) is 4.79 Å². The minimum atomic E-state index is -2.86. The van der Waals surface area contributed by atoms with Crippen LogP contribution in [0.3, 0.4) is 0 Å². The Balaban J connectivity index is 2.06. The lowest BCUT2D eigenvalue weighted by atomic mass is 10.0. The van der Waals surface area contributed by atoms with Gasteiger partial charge in [-0.2, -0.15) is 8.78 Å². The lowest BCUT2D eigenvalue weighted by Gasteiger charge is -2.06. The van der Waals surface area contributed by atoms with Crippen molar-refractivity contribution in [2.75, 3.05) is 0 Å². The molecular weight excluding hydrogens is 262 g/mol. The van der Waals surface area contributed by atoms with Gasteiger partial charge in [0.15, 0.2) is 5.78 Å². The summed E-state index contributed by atoms with van der Waals surface area (Å²) in [6.45, 7) is -0.895. The average Bonchev–Trinajstić information content (AvgIpc) is 2.38. The van der Waals surface area contributed by atoms with Crippen LogP contribution < -0.4 is 4.74 Å². The van der Waals surface area contributed by atoms with Crippen molar-refractivity contribution < 1.29 is 18.3 Å². The molecule has 0 saturated carbocycles. The van der Waals surface area contributed by atoms with E-state index in [1.165, 1.54) is 24.3 Å². The van der Waals surface area contributed by atoms with Crippen molar-refractivity contribution in [3.8, 4) is 5.75 Å². The molecule has 0 radical (unpaired) electrons. The van der Waals surface area contributed by atoms with Crippen LogP contribution >= 0.6 is 0 Å². The number of carbonyl (C=O) groups excluding carboxylic acids is 1. The highest BCUT2D eigenvalue weighted by molar-refractivity contribution is 5.97. The highest BCUT2D eigenvalue weighted by Crippen LogP contribution is 2.16. The molecule has 2 nitrogen and oxygen atoms in total. The summed E-state index contributed by atoms with van der Waals surface area (Å²) in [5.74, 6) is -0.00805. The molecule has 2 aromatic carbocycles. The second kappa shape index (κ2) is 6.28. The first-order valence-corrected chi connectivity index (χ1v) is 6.18. The fraction of sp³-hybridized carbons (Fsp3) is 0.188. The molecule has 104 valence electrons. The number of carbonyl (C=O) groups is 1. The maximum atomic E-state index is 12.1. The van der Waals surface area contributed by atoms with Gasteiger partial charge in [0.05, 0.1) is 0 Å². The lowest BCUT2D eigenvalue weighted by Crippen LogP contribution is -2.05. The molecule has 2 rings (SSSR count). The van der Waals surface area contributed by atoms with Crippen LogP contribution in [-0.4, -0.2) is 12.4 Å². The van der Waals surface area contributed by atoms with E-state index in [9.17, 15) is 13.6 Å². The summed E-state index contributed by atoms with van der Waals surface area (Å²) < 4.78 is 28.3. The van der Waals surface area contributed by atoms with E-state index in [1.54, 1.807) is 0 Å². The second-order valence-corrected chi connectivity index (χ2v) is 4.49. The number of halogens is 2. The van der Waals surface area contributed by atoms with E-state index in [0.29, 0.717) is 5.56 Å². The number of ketones is 1. The topological polar surface area (TPSA) is 26.3 Å². The van der Waals surface area contributed by atoms with Crippen LogP contribution in [0.4, 0.5) is 8.78 Å². The molecule has 0 fully saturated rings. The molecule has 20 heavy (non-hydrogen) atoms. The Bertz CT molecular complexity index is 592. The smallest absolute Gasteiger partial charge is 0.387 e. The van der Waals surface area contributed by atoms with Crippen LogP contribution in [-0.2, 0) is 6.42 Å². The number of hydrogen-bond acceptors (Lipinski definition) is 2. The zero-order valence-electron chi connectivity index (χ0n) is 11.0. The van der Waals surface area contributed by atoms with Gasteiger partial charge in [-0.1, -0.05) is 29.8 Å². The van der Waals surface area contributed by atoms with E-state index in [1.807, 2.05) is 31.2 Å². The largest absolute Gasteiger partial charge is 0.435 e. The SMILES string of the molecule is Cc1cccc(CC(=O)c2ccc(OC(F)F)cc2)c1. The van der Waals surface area contributed by atoms with E-state index in [2.05, 4.69) is 4.74 Å². The molecule has 0 saturated heterocycles. The summed E-state index contributed by atoms with van der Waals surface area (Å²) in [7, 11) is 0. The number of aryl methyl sites for hydroxylation is 1. The summed E-state index contributed by atoms with van der Waals surface area (Å²) in [6, 6.07) is 13.4. The maximum absolute atomic E-state index is 12.1. The minimum Gasteiger partial charge on any atom is -0.435 e. The second-order valence-electron chi connectivity index (χ2n) is 4.49. The van der Waals surface area contributed by atoms with Crippen molar-refractivity contribution >= 4 is 5.78 Å². The third-order valence-electron chi connectivity index (χ3n) is 2.85. The van der Waals surface area contributed by atoms with Gasteiger partial charge >= 0.3 is 6.61 Å². The minimum absolute atomic E-state index is 0.0482. The fourth-order valence-electron chi connectivity index (χ4n) is 1.93. The Kier molecular flexibility index (Phi) is 4.45. The van der Waals surface area contributed by atoms with Gasteiger partial charge in [-0.05, 0) is 36.8 Å². The van der Waals surface area contributed by atoms with E-state index in [0.717, 1.165) is 11.1 Å². The molecule has 0 aromatic heterocycles. The summed E-state index contributed by atoms with van der Waals surface area (Å²) in [6.07, 6.45) is 0.288. The predicted molar refractivity (Wildman–Crippen MR) is 72.3 cm³/mol. The molecule has 0 unspecified atom stereocenters. The van der Waals surface area contributed by atoms with E-state index in [4.69, 9.17) is 0 Å². The molecule has 0 atom stereocenters. The van der Waals surface area contributed by atoms with Crippen molar-refractivity contribution in [2.24, 2.45) is 0 Å². The van der Waals surface area contributed by atoms with Crippen LogP contribution in [0.1, 0.15) is 21.5 Å². The third-order valence-corrected chi connectivity index (χ3v) is 2.85. The maximum Gasteiger partial charge on any atom is 0.387 e. The molecule has 4 heteroatoms. The van der Waals surface area contributed by atoms with Crippen LogP contribution in [0.5, 0.6) is 5.75 Å². The fourth-order valence-corrected chi connectivity index (χ4v) is 1.93. The summed E-state index contributed by atoms with van der Waals surface area (Å²) in [5.41, 5.74) is 2.51. The van der Waals surface area contributed by atoms with Gasteiger partial charge < -0.3 is 4.74 Å². The third kappa shape index (κ3) is 3.88. The molecule has 0 heterocycles. The van der Waals surface area contributed by atoms with Gasteiger partial charge in [-0.25, -0.2) is 0 Å². The molecule has 0 aliphatic carbocycles. The van der Waals surface area contributed by atoms with Gasteiger partial charge in [0, 0.05) is 12.0 Å². The average molecular weight is 276 g/mol. The highest BCUT2D eigenvalue weighted by Gasteiger charge is 2.09. The molecule has 0 spiro atoms. The Morgan fingerprint density at radius 2 is 1.85 bits per heavy atom. The molecule has 0 aliphatic heterocycles. The molecule has 0 bridgehead atoms. The molecule has 0 aliphatic rings. The zero-order valence-corrected chi connectivity index (χ0v) is 11.0. The first kappa shape index (κ1) is 14.2. The van der Waals surface area contributed by atoms with Crippen molar-refractivity contribution in [1.29, 1.82) is 0 Å². The van der Waals surface area contributed by atoms with Crippen LogP contribution in [0.2, 0.25) is 0 Å². The normalized spacial score (nSPS) is 10.6. The first-order valence-electron chi connectivity index (χ1n) is 6.18. The standard InChI is InChI=1S/C16H14F2O2/c1-11-3-2-4-12(9-11)10-15(19)13-5-7-14(8-6-13)20-16(17)18/h2-9,16H,10H2,1H3. The van der Waals surface area contributed by atoms with Crippen molar-refractivity contribution in [3.63, 3.8) is 0 Å². The van der Waals surface area contributed by atoms with Crippen molar-refractivity contribution in [3.05, 3.63) is 65.2 Å².